The van der Waals surface area contributed by atoms with E-state index in [-0.39, 0.29) is 36.6 Å². The topological polar surface area (TPSA) is 86.8 Å². The van der Waals surface area contributed by atoms with Gasteiger partial charge in [-0.05, 0) is 56.4 Å². The van der Waals surface area contributed by atoms with Crippen molar-refractivity contribution in [3.8, 4) is 0 Å². The maximum Gasteiger partial charge on any atom is 0.255 e. The number of anilines is 1. The largest absolute Gasteiger partial charge is 0.339 e. The number of para-hydroxylation sites is 1. The Bertz CT molecular complexity index is 1170. The van der Waals surface area contributed by atoms with E-state index in [2.05, 4.69) is 5.32 Å². The molecule has 0 spiro atoms. The van der Waals surface area contributed by atoms with E-state index in [1.807, 2.05) is 4.90 Å². The van der Waals surface area contributed by atoms with E-state index in [1.165, 1.54) is 4.31 Å². The van der Waals surface area contributed by atoms with E-state index >= 15 is 0 Å². The molecule has 2 fully saturated rings. The highest BCUT2D eigenvalue weighted by atomic mass is 35.5. The van der Waals surface area contributed by atoms with Gasteiger partial charge in [0.25, 0.3) is 5.91 Å². The Kier molecular flexibility index (Phi) is 8.37. The molecular formula is C25H29Cl2N3O4S. The molecule has 0 bridgehead atoms. The molecule has 1 N–H and O–H groups in total. The maximum absolute atomic E-state index is 13.0. The Hall–Kier alpha value is -2.13. The molecule has 35 heavy (non-hydrogen) atoms. The van der Waals surface area contributed by atoms with E-state index < -0.39 is 10.0 Å². The molecule has 2 amide bonds. The van der Waals surface area contributed by atoms with Crippen LogP contribution in [-0.4, -0.2) is 55.6 Å². The number of benzene rings is 2. The number of carbonyl (C=O) groups is 2. The highest BCUT2D eigenvalue weighted by Gasteiger charge is 2.32. The third-order valence-corrected chi connectivity index (χ3v) is 9.18. The van der Waals surface area contributed by atoms with Crippen molar-refractivity contribution in [1.82, 2.24) is 9.21 Å². The zero-order valence-corrected chi connectivity index (χ0v) is 21.7. The Labute approximate surface area is 216 Å². The number of nitrogens with zero attached hydrogens (tertiary/aromatic N) is 2. The van der Waals surface area contributed by atoms with Crippen LogP contribution in [0.25, 0.3) is 0 Å². The minimum atomic E-state index is -3.64. The number of hydrogen-bond donors (Lipinski definition) is 1. The van der Waals surface area contributed by atoms with Crippen LogP contribution in [0.5, 0.6) is 0 Å². The van der Waals surface area contributed by atoms with Gasteiger partial charge in [-0.1, -0.05) is 41.4 Å². The normalized spacial score (nSPS) is 17.8. The van der Waals surface area contributed by atoms with E-state index in [0.717, 1.165) is 32.4 Å². The number of carbonyl (C=O) groups excluding carboxylic acids is 2. The van der Waals surface area contributed by atoms with Gasteiger partial charge in [0.05, 0.1) is 17.0 Å². The quantitative estimate of drug-likeness (QED) is 0.573. The van der Waals surface area contributed by atoms with Crippen molar-refractivity contribution >= 4 is 50.7 Å². The average Bonchev–Trinajstić information content (AvgIpc) is 2.87. The molecule has 2 aromatic rings. The first kappa shape index (κ1) is 25.9. The first-order valence-corrected chi connectivity index (χ1v) is 14.2. The molecule has 0 saturated carbocycles. The summed E-state index contributed by atoms with van der Waals surface area (Å²) >= 11 is 12.3. The summed E-state index contributed by atoms with van der Waals surface area (Å²) in [4.78, 5) is 27.9. The number of amides is 2. The molecule has 2 aliphatic rings. The van der Waals surface area contributed by atoms with Gasteiger partial charge >= 0.3 is 0 Å². The molecule has 0 aromatic heterocycles. The zero-order valence-electron chi connectivity index (χ0n) is 19.4. The summed E-state index contributed by atoms with van der Waals surface area (Å²) < 4.78 is 27.3. The standard InChI is InChI=1S/C25H29Cl2N3O4S/c26-21-8-6-9-22(27)20(21)17-35(33,34)30-15-11-18(12-16-30)24(31)28-23-10-3-2-7-19(23)25(32)29-13-4-1-5-14-29/h2-3,6-10,18H,1,4-5,11-17H2,(H,28,31). The number of halogens is 2. The summed E-state index contributed by atoms with van der Waals surface area (Å²) in [6.45, 7) is 1.93. The number of rotatable bonds is 6. The monoisotopic (exact) mass is 537 g/mol. The van der Waals surface area contributed by atoms with Crippen LogP contribution in [0, 0.1) is 5.92 Å². The van der Waals surface area contributed by atoms with Crippen molar-refractivity contribution in [2.75, 3.05) is 31.5 Å². The average molecular weight is 538 g/mol. The second kappa shape index (κ2) is 11.3. The van der Waals surface area contributed by atoms with Crippen LogP contribution >= 0.6 is 23.2 Å². The van der Waals surface area contributed by atoms with Crippen LogP contribution in [0.3, 0.4) is 0 Å². The van der Waals surface area contributed by atoms with Gasteiger partial charge in [0.2, 0.25) is 15.9 Å². The number of nitrogens with one attached hydrogen (secondary N) is 1. The van der Waals surface area contributed by atoms with E-state index in [9.17, 15) is 18.0 Å². The SMILES string of the molecule is O=C(Nc1ccccc1C(=O)N1CCCCC1)C1CCN(S(=O)(=O)Cc2c(Cl)cccc2Cl)CC1. The van der Waals surface area contributed by atoms with Gasteiger partial charge in [0.15, 0.2) is 0 Å². The van der Waals surface area contributed by atoms with Crippen molar-refractivity contribution in [3.05, 3.63) is 63.6 Å². The van der Waals surface area contributed by atoms with Gasteiger partial charge in [-0.3, -0.25) is 9.59 Å². The molecule has 10 heteroatoms. The highest BCUT2D eigenvalue weighted by Crippen LogP contribution is 2.29. The summed E-state index contributed by atoms with van der Waals surface area (Å²) in [7, 11) is -3.64. The van der Waals surface area contributed by atoms with Crippen molar-refractivity contribution in [3.63, 3.8) is 0 Å². The van der Waals surface area contributed by atoms with Gasteiger partial charge in [-0.2, -0.15) is 0 Å². The second-order valence-corrected chi connectivity index (χ2v) is 11.8. The fourth-order valence-corrected chi connectivity index (χ4v) is 6.94. The highest BCUT2D eigenvalue weighted by molar-refractivity contribution is 7.88. The number of piperidine rings is 2. The van der Waals surface area contributed by atoms with Crippen LogP contribution in [0.2, 0.25) is 10.0 Å². The molecule has 2 aromatic carbocycles. The van der Waals surface area contributed by atoms with E-state index in [1.54, 1.807) is 42.5 Å². The van der Waals surface area contributed by atoms with Crippen molar-refractivity contribution < 1.29 is 18.0 Å². The first-order chi connectivity index (χ1) is 16.8. The molecule has 0 aliphatic carbocycles. The third-order valence-electron chi connectivity index (χ3n) is 6.67. The van der Waals surface area contributed by atoms with Crippen molar-refractivity contribution in [1.29, 1.82) is 0 Å². The predicted molar refractivity (Wildman–Crippen MR) is 138 cm³/mol. The fraction of sp³-hybridized carbons (Fsp3) is 0.440. The van der Waals surface area contributed by atoms with Crippen LogP contribution in [-0.2, 0) is 20.6 Å². The van der Waals surface area contributed by atoms with Gasteiger partial charge in [-0.15, -0.1) is 0 Å². The third kappa shape index (κ3) is 6.17. The van der Waals surface area contributed by atoms with Crippen LogP contribution in [0.15, 0.2) is 42.5 Å². The number of likely N-dealkylation sites (tertiary alicyclic amines) is 1. The molecule has 188 valence electrons. The molecular weight excluding hydrogens is 509 g/mol. The van der Waals surface area contributed by atoms with Crippen molar-refractivity contribution in [2.24, 2.45) is 5.92 Å². The number of sulfonamides is 1. The predicted octanol–water partition coefficient (Wildman–Crippen LogP) is 4.80. The smallest absolute Gasteiger partial charge is 0.255 e. The molecule has 0 atom stereocenters. The van der Waals surface area contributed by atoms with Crippen LogP contribution in [0.4, 0.5) is 5.69 Å². The minimum absolute atomic E-state index is 0.0697. The molecule has 7 nitrogen and oxygen atoms in total. The molecule has 2 saturated heterocycles. The molecule has 2 heterocycles. The molecule has 4 rings (SSSR count). The fourth-order valence-electron chi connectivity index (χ4n) is 4.62. The summed E-state index contributed by atoms with van der Waals surface area (Å²) in [6.07, 6.45) is 3.89. The molecule has 2 aliphatic heterocycles. The van der Waals surface area contributed by atoms with Crippen molar-refractivity contribution in [2.45, 2.75) is 37.9 Å². The maximum atomic E-state index is 13.0. The van der Waals surface area contributed by atoms with Gasteiger partial charge < -0.3 is 10.2 Å². The lowest BCUT2D eigenvalue weighted by atomic mass is 9.97. The van der Waals surface area contributed by atoms with Crippen LogP contribution < -0.4 is 5.32 Å². The summed E-state index contributed by atoms with van der Waals surface area (Å²) in [5, 5.41) is 3.55. The minimum Gasteiger partial charge on any atom is -0.339 e. The van der Waals surface area contributed by atoms with Gasteiger partial charge in [0.1, 0.15) is 0 Å². The van der Waals surface area contributed by atoms with Crippen LogP contribution in [0.1, 0.15) is 48.0 Å². The first-order valence-electron chi connectivity index (χ1n) is 11.9. The summed E-state index contributed by atoms with van der Waals surface area (Å²) in [5.74, 6) is -0.896. The molecule has 0 unspecified atom stereocenters. The Balaban J connectivity index is 1.37. The molecule has 0 radical (unpaired) electrons. The number of hydrogen-bond acceptors (Lipinski definition) is 4. The Morgan fingerprint density at radius 3 is 2.17 bits per heavy atom. The van der Waals surface area contributed by atoms with Gasteiger partial charge in [0, 0.05) is 47.7 Å². The van der Waals surface area contributed by atoms with Gasteiger partial charge in [-0.25, -0.2) is 12.7 Å². The van der Waals surface area contributed by atoms with E-state index in [4.69, 9.17) is 23.2 Å². The van der Waals surface area contributed by atoms with E-state index in [0.29, 0.717) is 39.7 Å². The Morgan fingerprint density at radius 2 is 1.51 bits per heavy atom. The lowest BCUT2D eigenvalue weighted by Crippen LogP contribution is -2.42. The lowest BCUT2D eigenvalue weighted by Gasteiger charge is -2.31. The zero-order chi connectivity index (χ0) is 25.0. The lowest BCUT2D eigenvalue weighted by molar-refractivity contribution is -0.120. The summed E-state index contributed by atoms with van der Waals surface area (Å²) in [6, 6.07) is 12.0. The summed E-state index contributed by atoms with van der Waals surface area (Å²) in [5.41, 5.74) is 1.36. The second-order valence-electron chi connectivity index (χ2n) is 9.02. The Morgan fingerprint density at radius 1 is 0.886 bits per heavy atom.